The Balaban J connectivity index is 1.74. The number of aryl methyl sites for hydroxylation is 1. The van der Waals surface area contributed by atoms with E-state index in [1.807, 2.05) is 20.8 Å². The third kappa shape index (κ3) is 7.31. The van der Waals surface area contributed by atoms with Crippen LogP contribution in [0.1, 0.15) is 31.9 Å². The first kappa shape index (κ1) is 21.4. The molecule has 1 aromatic rings. The average Bonchev–Trinajstić information content (AvgIpc) is 2.56. The lowest BCUT2D eigenvalue weighted by Crippen LogP contribution is -2.51. The predicted octanol–water partition coefficient (Wildman–Crippen LogP) is 1.49. The first-order valence-corrected chi connectivity index (χ1v) is 9.68. The molecular weight excluding hydrogens is 340 g/mol. The van der Waals surface area contributed by atoms with Gasteiger partial charge in [-0.3, -0.25) is 19.4 Å². The highest BCUT2D eigenvalue weighted by atomic mass is 16.2. The van der Waals surface area contributed by atoms with Gasteiger partial charge in [0.25, 0.3) is 0 Å². The van der Waals surface area contributed by atoms with Crippen LogP contribution in [-0.4, -0.2) is 78.4 Å². The van der Waals surface area contributed by atoms with Crippen molar-refractivity contribution in [3.63, 3.8) is 0 Å². The van der Waals surface area contributed by atoms with Crippen LogP contribution in [0.4, 0.5) is 0 Å². The topological polar surface area (TPSA) is 55.9 Å². The average molecular weight is 375 g/mol. The maximum Gasteiger partial charge on any atom is 0.240 e. The summed E-state index contributed by atoms with van der Waals surface area (Å²) in [5, 5.41) is 2.89. The van der Waals surface area contributed by atoms with E-state index in [1.165, 1.54) is 16.0 Å². The molecule has 0 saturated carbocycles. The van der Waals surface area contributed by atoms with Crippen LogP contribution in [0.2, 0.25) is 0 Å². The van der Waals surface area contributed by atoms with E-state index >= 15 is 0 Å². The molecular formula is C21H34N4O2. The molecule has 0 bridgehead atoms. The van der Waals surface area contributed by atoms with Crippen molar-refractivity contribution < 1.29 is 9.59 Å². The van der Waals surface area contributed by atoms with Crippen molar-refractivity contribution >= 4 is 11.8 Å². The molecule has 0 spiro atoms. The number of rotatable bonds is 6. The number of nitrogens with zero attached hydrogens (tertiary/aromatic N) is 3. The third-order valence-corrected chi connectivity index (χ3v) is 4.80. The quantitative estimate of drug-likeness (QED) is 0.820. The summed E-state index contributed by atoms with van der Waals surface area (Å²) >= 11 is 0. The smallest absolute Gasteiger partial charge is 0.240 e. The number of benzene rings is 1. The number of nitrogens with one attached hydrogen (secondary N) is 1. The van der Waals surface area contributed by atoms with Gasteiger partial charge in [-0.05, 0) is 38.8 Å². The summed E-state index contributed by atoms with van der Waals surface area (Å²) in [5.74, 6) is -0.132. The molecule has 1 N–H and O–H groups in total. The van der Waals surface area contributed by atoms with Gasteiger partial charge in [0, 0.05) is 45.3 Å². The maximum absolute atomic E-state index is 12.4. The predicted molar refractivity (Wildman–Crippen MR) is 108 cm³/mol. The van der Waals surface area contributed by atoms with Gasteiger partial charge in [0.1, 0.15) is 0 Å². The molecule has 6 nitrogen and oxygen atoms in total. The molecule has 6 heteroatoms. The summed E-state index contributed by atoms with van der Waals surface area (Å²) in [6, 6.07) is 8.49. The van der Waals surface area contributed by atoms with Crippen LogP contribution < -0.4 is 5.32 Å². The van der Waals surface area contributed by atoms with E-state index in [0.717, 1.165) is 32.7 Å². The second-order valence-electron chi connectivity index (χ2n) is 8.53. The van der Waals surface area contributed by atoms with Crippen LogP contribution >= 0.6 is 0 Å². The fourth-order valence-corrected chi connectivity index (χ4v) is 3.21. The fourth-order valence-electron chi connectivity index (χ4n) is 3.21. The van der Waals surface area contributed by atoms with Crippen LogP contribution in [0.3, 0.4) is 0 Å². The number of piperazine rings is 1. The van der Waals surface area contributed by atoms with E-state index in [-0.39, 0.29) is 23.9 Å². The van der Waals surface area contributed by atoms with E-state index in [2.05, 4.69) is 46.3 Å². The van der Waals surface area contributed by atoms with Crippen molar-refractivity contribution in [3.8, 4) is 0 Å². The zero-order chi connectivity index (χ0) is 20.0. The summed E-state index contributed by atoms with van der Waals surface area (Å²) < 4.78 is 0. The number of likely N-dealkylation sites (N-methyl/N-ethyl adjacent to an activating group) is 1. The van der Waals surface area contributed by atoms with Gasteiger partial charge in [0.15, 0.2) is 0 Å². The van der Waals surface area contributed by atoms with Crippen molar-refractivity contribution in [2.24, 2.45) is 0 Å². The summed E-state index contributed by atoms with van der Waals surface area (Å²) in [4.78, 5) is 30.5. The van der Waals surface area contributed by atoms with E-state index in [0.29, 0.717) is 6.54 Å². The van der Waals surface area contributed by atoms with Gasteiger partial charge in [-0.15, -0.1) is 0 Å². The first-order valence-electron chi connectivity index (χ1n) is 9.68. The zero-order valence-corrected chi connectivity index (χ0v) is 17.4. The normalized spacial score (nSPS) is 16.2. The Hall–Kier alpha value is -1.92. The standard InChI is InChI=1S/C21H34N4O2/c1-17-8-6-7-9-18(17)14-24-10-12-25(13-11-24)16-20(27)23(5)15-19(26)22-21(2,3)4/h6-9H,10-16H2,1-5H3,(H,22,26). The van der Waals surface area contributed by atoms with Gasteiger partial charge in [0.05, 0.1) is 13.1 Å². The van der Waals surface area contributed by atoms with Crippen LogP contribution in [-0.2, 0) is 16.1 Å². The first-order chi connectivity index (χ1) is 12.6. The minimum Gasteiger partial charge on any atom is -0.350 e. The molecule has 0 atom stereocenters. The van der Waals surface area contributed by atoms with Gasteiger partial charge < -0.3 is 10.2 Å². The summed E-state index contributed by atoms with van der Waals surface area (Å²) in [6.45, 7) is 13.0. The van der Waals surface area contributed by atoms with E-state index in [9.17, 15) is 9.59 Å². The lowest BCUT2D eigenvalue weighted by molar-refractivity contribution is -0.136. The van der Waals surface area contributed by atoms with Gasteiger partial charge in [-0.25, -0.2) is 0 Å². The Morgan fingerprint density at radius 1 is 1.07 bits per heavy atom. The molecule has 0 aliphatic carbocycles. The van der Waals surface area contributed by atoms with Crippen molar-refractivity contribution in [1.82, 2.24) is 20.0 Å². The van der Waals surface area contributed by atoms with Crippen LogP contribution in [0.5, 0.6) is 0 Å². The fraction of sp³-hybridized carbons (Fsp3) is 0.619. The van der Waals surface area contributed by atoms with Crippen molar-refractivity contribution in [1.29, 1.82) is 0 Å². The van der Waals surface area contributed by atoms with Crippen molar-refractivity contribution in [3.05, 3.63) is 35.4 Å². The van der Waals surface area contributed by atoms with Crippen molar-refractivity contribution in [2.75, 3.05) is 46.3 Å². The van der Waals surface area contributed by atoms with Crippen LogP contribution in [0, 0.1) is 6.92 Å². The Bertz CT molecular complexity index is 646. The lowest BCUT2D eigenvalue weighted by atomic mass is 10.1. The number of hydrogen-bond acceptors (Lipinski definition) is 4. The largest absolute Gasteiger partial charge is 0.350 e. The molecule has 1 fully saturated rings. The monoisotopic (exact) mass is 374 g/mol. The summed E-state index contributed by atoms with van der Waals surface area (Å²) in [7, 11) is 1.69. The van der Waals surface area contributed by atoms with Gasteiger partial charge in [-0.1, -0.05) is 24.3 Å². The van der Waals surface area contributed by atoms with E-state index in [1.54, 1.807) is 7.05 Å². The van der Waals surface area contributed by atoms with Crippen LogP contribution in [0.25, 0.3) is 0 Å². The molecule has 1 aliphatic heterocycles. The molecule has 0 radical (unpaired) electrons. The second kappa shape index (κ2) is 9.33. The molecule has 0 aromatic heterocycles. The molecule has 1 saturated heterocycles. The Morgan fingerprint density at radius 3 is 2.26 bits per heavy atom. The van der Waals surface area contributed by atoms with Crippen molar-refractivity contribution in [2.45, 2.75) is 39.8 Å². The molecule has 150 valence electrons. The Morgan fingerprint density at radius 2 is 1.67 bits per heavy atom. The Kier molecular flexibility index (Phi) is 7.39. The van der Waals surface area contributed by atoms with Gasteiger partial charge >= 0.3 is 0 Å². The highest BCUT2D eigenvalue weighted by Crippen LogP contribution is 2.12. The SMILES string of the molecule is Cc1ccccc1CN1CCN(CC(=O)N(C)CC(=O)NC(C)(C)C)CC1. The number of hydrogen-bond donors (Lipinski definition) is 1. The summed E-state index contributed by atoms with van der Waals surface area (Å²) in [6.07, 6.45) is 0. The summed E-state index contributed by atoms with van der Waals surface area (Å²) in [5.41, 5.74) is 2.41. The van der Waals surface area contributed by atoms with Gasteiger partial charge in [-0.2, -0.15) is 0 Å². The van der Waals surface area contributed by atoms with E-state index < -0.39 is 0 Å². The molecule has 1 aliphatic rings. The minimum atomic E-state index is -0.283. The highest BCUT2D eigenvalue weighted by molar-refractivity contribution is 5.85. The lowest BCUT2D eigenvalue weighted by Gasteiger charge is -2.35. The zero-order valence-electron chi connectivity index (χ0n) is 17.4. The molecule has 2 rings (SSSR count). The number of carbonyl (C=O) groups excluding carboxylic acids is 2. The number of carbonyl (C=O) groups is 2. The van der Waals surface area contributed by atoms with E-state index in [4.69, 9.17) is 0 Å². The maximum atomic E-state index is 12.4. The van der Waals surface area contributed by atoms with Crippen LogP contribution in [0.15, 0.2) is 24.3 Å². The highest BCUT2D eigenvalue weighted by Gasteiger charge is 2.22. The Labute approximate surface area is 163 Å². The second-order valence-corrected chi connectivity index (χ2v) is 8.53. The van der Waals surface area contributed by atoms with Gasteiger partial charge in [0.2, 0.25) is 11.8 Å². The molecule has 2 amide bonds. The molecule has 1 heterocycles. The molecule has 1 aromatic carbocycles. The third-order valence-electron chi connectivity index (χ3n) is 4.80. The minimum absolute atomic E-state index is 0.00795. The molecule has 27 heavy (non-hydrogen) atoms. The molecule has 0 unspecified atom stereocenters. The number of amides is 2.